The molecule has 0 unspecified atom stereocenters. The zero-order valence-corrected chi connectivity index (χ0v) is 16.5. The second kappa shape index (κ2) is 8.09. The van der Waals surface area contributed by atoms with Crippen LogP contribution < -0.4 is 10.6 Å². The van der Waals surface area contributed by atoms with Gasteiger partial charge in [-0.25, -0.2) is 0 Å². The average molecular weight is 369 g/mol. The summed E-state index contributed by atoms with van der Waals surface area (Å²) in [5, 5.41) is 0. The van der Waals surface area contributed by atoms with Crippen molar-refractivity contribution in [3.8, 4) is 0 Å². The van der Waals surface area contributed by atoms with Gasteiger partial charge in [0, 0.05) is 35.7 Å². The number of nitrogens with two attached hydrogens (primary N) is 1. The van der Waals surface area contributed by atoms with Gasteiger partial charge in [-0.05, 0) is 32.4 Å². The number of carbonyl (C=O) groups excluding carboxylic acids is 2. The molecule has 1 aliphatic heterocycles. The maximum Gasteiger partial charge on any atom is 0.220 e. The smallest absolute Gasteiger partial charge is 0.220 e. The number of aromatic nitrogens is 1. The molecule has 2 aromatic rings. The summed E-state index contributed by atoms with van der Waals surface area (Å²) in [7, 11) is 0. The number of quaternary nitrogens is 1. The summed E-state index contributed by atoms with van der Waals surface area (Å²) in [6.45, 7) is 8.42. The Morgan fingerprint density at radius 3 is 2.41 bits per heavy atom. The van der Waals surface area contributed by atoms with Crippen molar-refractivity contribution in [1.29, 1.82) is 0 Å². The minimum atomic E-state index is -0.209. The largest absolute Gasteiger partial charge is 0.369 e. The molecule has 1 atom stereocenters. The van der Waals surface area contributed by atoms with E-state index < -0.39 is 0 Å². The lowest BCUT2D eigenvalue weighted by molar-refractivity contribution is -0.897. The van der Waals surface area contributed by atoms with Gasteiger partial charge in [-0.3, -0.25) is 9.59 Å². The lowest BCUT2D eigenvalue weighted by atomic mass is 9.96. The van der Waals surface area contributed by atoms with Gasteiger partial charge in [0.15, 0.2) is 0 Å². The highest BCUT2D eigenvalue weighted by atomic mass is 16.1. The van der Waals surface area contributed by atoms with Crippen LogP contribution in [0, 0.1) is 19.8 Å². The van der Waals surface area contributed by atoms with Crippen molar-refractivity contribution in [3.05, 3.63) is 58.9 Å². The number of carbonyl (C=O) groups is 2. The molecule has 5 nitrogen and oxygen atoms in total. The normalized spacial score (nSPS) is 21.0. The van der Waals surface area contributed by atoms with E-state index in [-0.39, 0.29) is 23.7 Å². The molecule has 2 heterocycles. The lowest BCUT2D eigenvalue weighted by Crippen LogP contribution is -3.14. The predicted octanol–water partition coefficient (Wildman–Crippen LogP) is 1.68. The Morgan fingerprint density at radius 2 is 1.81 bits per heavy atom. The molecule has 0 radical (unpaired) electrons. The van der Waals surface area contributed by atoms with Crippen LogP contribution in [0.1, 0.15) is 53.1 Å². The maximum absolute atomic E-state index is 12.9. The molecule has 144 valence electrons. The molecule has 1 aromatic carbocycles. The summed E-state index contributed by atoms with van der Waals surface area (Å²) in [5.74, 6) is -0.0541. The SMILES string of the molecule is Cc1cc(C(=O)C[NH+]2CCC(C(N)=O)CC2)c(C)n1[C@H](C)c1ccccc1. The van der Waals surface area contributed by atoms with Gasteiger partial charge in [0.2, 0.25) is 11.7 Å². The quantitative estimate of drug-likeness (QED) is 0.762. The first-order chi connectivity index (χ1) is 12.9. The highest BCUT2D eigenvalue weighted by Gasteiger charge is 2.28. The Bertz CT molecular complexity index is 818. The summed E-state index contributed by atoms with van der Waals surface area (Å²) in [6, 6.07) is 12.6. The van der Waals surface area contributed by atoms with E-state index in [0.717, 1.165) is 42.9 Å². The van der Waals surface area contributed by atoms with Gasteiger partial charge in [0.25, 0.3) is 0 Å². The van der Waals surface area contributed by atoms with Crippen molar-refractivity contribution < 1.29 is 14.5 Å². The molecular formula is C22H30N3O2+. The highest BCUT2D eigenvalue weighted by Crippen LogP contribution is 2.25. The summed E-state index contributed by atoms with van der Waals surface area (Å²) < 4.78 is 2.25. The van der Waals surface area contributed by atoms with Crippen LogP contribution in [0.3, 0.4) is 0 Å². The van der Waals surface area contributed by atoms with Crippen molar-refractivity contribution in [2.24, 2.45) is 11.7 Å². The molecule has 1 saturated heterocycles. The molecule has 1 aromatic heterocycles. The summed E-state index contributed by atoms with van der Waals surface area (Å²) in [4.78, 5) is 25.5. The van der Waals surface area contributed by atoms with Gasteiger partial charge in [-0.2, -0.15) is 0 Å². The van der Waals surface area contributed by atoms with Crippen LogP contribution in [0.15, 0.2) is 36.4 Å². The molecule has 0 bridgehead atoms. The second-order valence-corrected chi connectivity index (χ2v) is 7.77. The number of aryl methyl sites for hydroxylation is 1. The topological polar surface area (TPSA) is 69.5 Å². The van der Waals surface area contributed by atoms with E-state index in [2.05, 4.69) is 30.5 Å². The van der Waals surface area contributed by atoms with Crippen LogP contribution in [0.5, 0.6) is 0 Å². The predicted molar refractivity (Wildman–Crippen MR) is 106 cm³/mol. The number of rotatable bonds is 6. The second-order valence-electron chi connectivity index (χ2n) is 7.77. The third kappa shape index (κ3) is 4.14. The fourth-order valence-electron chi connectivity index (χ4n) is 4.35. The molecule has 27 heavy (non-hydrogen) atoms. The molecule has 1 aliphatic rings. The number of benzene rings is 1. The van der Waals surface area contributed by atoms with Gasteiger partial charge in [0.05, 0.1) is 19.1 Å². The summed E-state index contributed by atoms with van der Waals surface area (Å²) in [5.41, 5.74) is 9.59. The van der Waals surface area contributed by atoms with Crippen molar-refractivity contribution >= 4 is 11.7 Å². The van der Waals surface area contributed by atoms with Crippen molar-refractivity contribution in [1.82, 2.24) is 4.57 Å². The lowest BCUT2D eigenvalue weighted by Gasteiger charge is -2.27. The fraction of sp³-hybridized carbons (Fsp3) is 0.455. The third-order valence-corrected chi connectivity index (χ3v) is 5.96. The first-order valence-electron chi connectivity index (χ1n) is 9.78. The number of likely N-dealkylation sites (tertiary alicyclic amines) is 1. The minimum absolute atomic E-state index is 0.0272. The first kappa shape index (κ1) is 19.4. The molecular weight excluding hydrogens is 338 g/mol. The van der Waals surface area contributed by atoms with Crippen molar-refractivity contribution in [3.63, 3.8) is 0 Å². The van der Waals surface area contributed by atoms with Crippen LogP contribution >= 0.6 is 0 Å². The van der Waals surface area contributed by atoms with Crippen molar-refractivity contribution in [2.45, 2.75) is 39.7 Å². The Hall–Kier alpha value is -2.40. The number of hydrogen-bond acceptors (Lipinski definition) is 2. The molecule has 5 heteroatoms. The zero-order valence-electron chi connectivity index (χ0n) is 16.5. The number of amides is 1. The maximum atomic E-state index is 12.9. The van der Waals surface area contributed by atoms with E-state index in [1.807, 2.05) is 31.2 Å². The van der Waals surface area contributed by atoms with Gasteiger partial charge < -0.3 is 15.2 Å². The molecule has 1 fully saturated rings. The number of nitrogens with one attached hydrogen (secondary N) is 1. The molecule has 3 N–H and O–H groups in total. The number of ketones is 1. The third-order valence-electron chi connectivity index (χ3n) is 5.96. The van der Waals surface area contributed by atoms with E-state index >= 15 is 0 Å². The highest BCUT2D eigenvalue weighted by molar-refractivity contribution is 5.98. The monoisotopic (exact) mass is 368 g/mol. The van der Waals surface area contributed by atoms with Crippen LogP contribution in [0.4, 0.5) is 0 Å². The molecule has 0 aliphatic carbocycles. The summed E-state index contributed by atoms with van der Waals surface area (Å²) in [6.07, 6.45) is 1.56. The van der Waals surface area contributed by atoms with Crippen LogP contribution in [-0.2, 0) is 4.79 Å². The molecule has 3 rings (SSSR count). The Kier molecular flexibility index (Phi) is 5.80. The number of piperidine rings is 1. The molecule has 0 saturated carbocycles. The Morgan fingerprint density at radius 1 is 1.19 bits per heavy atom. The zero-order chi connectivity index (χ0) is 19.6. The van der Waals surface area contributed by atoms with E-state index in [9.17, 15) is 9.59 Å². The van der Waals surface area contributed by atoms with Crippen LogP contribution in [-0.4, -0.2) is 35.9 Å². The van der Waals surface area contributed by atoms with Gasteiger partial charge in [0.1, 0.15) is 6.54 Å². The fourth-order valence-corrected chi connectivity index (χ4v) is 4.35. The van der Waals surface area contributed by atoms with E-state index in [0.29, 0.717) is 6.54 Å². The molecule has 0 spiro atoms. The minimum Gasteiger partial charge on any atom is -0.369 e. The standard InChI is InChI=1S/C22H29N3O2/c1-15-13-20(17(3)25(15)16(2)18-7-5-4-6-8-18)21(26)14-24-11-9-19(10-12-24)22(23)27/h4-8,13,16,19H,9-12,14H2,1-3H3,(H2,23,27)/p+1/t16-/m1/s1. The summed E-state index contributed by atoms with van der Waals surface area (Å²) >= 11 is 0. The Balaban J connectivity index is 1.72. The number of hydrogen-bond donors (Lipinski definition) is 2. The molecule has 1 amide bonds. The number of Topliss-reactive ketones (excluding diaryl/α,β-unsaturated/α-hetero) is 1. The van der Waals surface area contributed by atoms with E-state index in [1.54, 1.807) is 0 Å². The van der Waals surface area contributed by atoms with Crippen molar-refractivity contribution in [2.75, 3.05) is 19.6 Å². The Labute approximate surface area is 161 Å². The van der Waals surface area contributed by atoms with Crippen LogP contribution in [0.2, 0.25) is 0 Å². The van der Waals surface area contributed by atoms with Gasteiger partial charge >= 0.3 is 0 Å². The van der Waals surface area contributed by atoms with Gasteiger partial charge in [-0.1, -0.05) is 30.3 Å². The van der Waals surface area contributed by atoms with E-state index in [1.165, 1.54) is 10.5 Å². The van der Waals surface area contributed by atoms with Crippen LogP contribution in [0.25, 0.3) is 0 Å². The van der Waals surface area contributed by atoms with Gasteiger partial charge in [-0.15, -0.1) is 0 Å². The average Bonchev–Trinajstić information content (AvgIpc) is 2.96. The number of nitrogens with zero attached hydrogens (tertiary/aromatic N) is 1. The number of primary amides is 1. The first-order valence-corrected chi connectivity index (χ1v) is 9.78. The van der Waals surface area contributed by atoms with E-state index in [4.69, 9.17) is 5.73 Å².